The van der Waals surface area contributed by atoms with Crippen LogP contribution in [0.5, 0.6) is 17.2 Å². The number of ether oxygens (including phenoxy) is 3. The van der Waals surface area contributed by atoms with Crippen molar-refractivity contribution in [2.24, 2.45) is 12.8 Å². The summed E-state index contributed by atoms with van der Waals surface area (Å²) in [6.45, 7) is 1.48. The highest BCUT2D eigenvalue weighted by molar-refractivity contribution is 7.93. The number of benzene rings is 3. The summed E-state index contributed by atoms with van der Waals surface area (Å²) in [7, 11) is 1.65. The second kappa shape index (κ2) is 9.79. The molecule has 0 saturated carbocycles. The van der Waals surface area contributed by atoms with E-state index in [1.807, 2.05) is 17.8 Å². The number of rotatable bonds is 8. The fourth-order valence-electron chi connectivity index (χ4n) is 4.19. The Morgan fingerprint density at radius 2 is 1.54 bits per heavy atom. The molecule has 1 amide bonds. The Balaban J connectivity index is 1.97. The highest BCUT2D eigenvalue weighted by Crippen LogP contribution is 2.43. The summed E-state index contributed by atoms with van der Waals surface area (Å²) >= 11 is 0. The highest BCUT2D eigenvalue weighted by atomic mass is 32.2. The molecule has 3 aromatic carbocycles. The highest BCUT2D eigenvalue weighted by Gasteiger charge is 2.42. The lowest BCUT2D eigenvalue weighted by atomic mass is 9.92. The molecular weight excluding hydrogens is 494 g/mol. The van der Waals surface area contributed by atoms with E-state index in [2.05, 4.69) is 0 Å². The van der Waals surface area contributed by atoms with Crippen LogP contribution < -0.4 is 24.2 Å². The third kappa shape index (κ3) is 4.49. The first-order chi connectivity index (χ1) is 17.6. The number of fused-ring (bicyclic) bond motifs is 1. The van der Waals surface area contributed by atoms with Gasteiger partial charge in [0.25, 0.3) is 15.9 Å². The van der Waals surface area contributed by atoms with Gasteiger partial charge in [-0.3, -0.25) is 4.79 Å². The summed E-state index contributed by atoms with van der Waals surface area (Å²) < 4.78 is 47.2. The molecule has 4 rings (SSSR count). The van der Waals surface area contributed by atoms with E-state index in [4.69, 9.17) is 19.9 Å². The molecule has 0 aliphatic heterocycles. The Hall–Kier alpha value is -4.02. The van der Waals surface area contributed by atoms with Crippen molar-refractivity contribution >= 4 is 32.5 Å². The van der Waals surface area contributed by atoms with Crippen LogP contribution in [0.3, 0.4) is 0 Å². The number of hydrogen-bond acceptors (Lipinski definition) is 7. The fraction of sp³-hybridized carbons (Fsp3) is 0.222. The van der Waals surface area contributed by atoms with Gasteiger partial charge in [-0.15, -0.1) is 0 Å². The average molecular weight is 524 g/mol. The number of aryl methyl sites for hydroxylation is 1. The summed E-state index contributed by atoms with van der Waals surface area (Å²) in [5.74, 6) is -0.243. The second-order valence-electron chi connectivity index (χ2n) is 8.67. The average Bonchev–Trinajstić information content (AvgIpc) is 3.28. The van der Waals surface area contributed by atoms with Crippen LogP contribution in [0, 0.1) is 0 Å². The number of aromatic nitrogens is 1. The normalized spacial score (nSPS) is 13.1. The van der Waals surface area contributed by atoms with Crippen molar-refractivity contribution in [1.29, 1.82) is 0 Å². The van der Waals surface area contributed by atoms with E-state index in [1.54, 1.807) is 42.5 Å². The summed E-state index contributed by atoms with van der Waals surface area (Å²) in [5, 5.41) is 0.708. The molecule has 2 N–H and O–H groups in total. The van der Waals surface area contributed by atoms with Gasteiger partial charge in [-0.1, -0.05) is 30.3 Å². The zero-order valence-corrected chi connectivity index (χ0v) is 22.1. The Morgan fingerprint density at radius 1 is 0.919 bits per heavy atom. The fourth-order valence-corrected chi connectivity index (χ4v) is 5.71. The number of hydrogen-bond donors (Lipinski definition) is 1. The van der Waals surface area contributed by atoms with Gasteiger partial charge in [-0.2, -0.15) is 0 Å². The first-order valence-electron chi connectivity index (χ1n) is 11.4. The Kier molecular flexibility index (Phi) is 6.90. The largest absolute Gasteiger partial charge is 0.493 e. The number of carbonyl (C=O) groups is 1. The molecular formula is C27H29N3O6S. The van der Waals surface area contributed by atoms with Gasteiger partial charge in [-0.05, 0) is 36.8 Å². The predicted molar refractivity (Wildman–Crippen MR) is 142 cm³/mol. The van der Waals surface area contributed by atoms with Crippen LogP contribution in [0.4, 0.5) is 5.69 Å². The van der Waals surface area contributed by atoms with Crippen molar-refractivity contribution in [1.82, 2.24) is 4.57 Å². The summed E-state index contributed by atoms with van der Waals surface area (Å²) in [6, 6.07) is 17.9. The van der Waals surface area contributed by atoms with Crippen molar-refractivity contribution in [3.8, 4) is 17.2 Å². The van der Waals surface area contributed by atoms with Crippen molar-refractivity contribution in [3.05, 3.63) is 78.5 Å². The summed E-state index contributed by atoms with van der Waals surface area (Å²) in [4.78, 5) is 14.0. The van der Waals surface area contributed by atoms with Crippen LogP contribution in [-0.4, -0.2) is 40.2 Å². The molecule has 0 bridgehead atoms. The number of anilines is 1. The first-order valence-corrected chi connectivity index (χ1v) is 12.8. The minimum absolute atomic E-state index is 0.0136. The van der Waals surface area contributed by atoms with Crippen molar-refractivity contribution in [2.45, 2.75) is 17.4 Å². The molecule has 0 fully saturated rings. The zero-order valence-electron chi connectivity index (χ0n) is 21.3. The molecule has 194 valence electrons. The van der Waals surface area contributed by atoms with Crippen LogP contribution in [0.15, 0.2) is 77.8 Å². The molecule has 1 atom stereocenters. The van der Waals surface area contributed by atoms with Gasteiger partial charge < -0.3 is 24.5 Å². The molecule has 10 heteroatoms. The van der Waals surface area contributed by atoms with E-state index in [0.717, 1.165) is 5.52 Å². The molecule has 0 spiro atoms. The minimum atomic E-state index is -4.45. The molecule has 4 aromatic rings. The molecule has 0 radical (unpaired) electrons. The van der Waals surface area contributed by atoms with E-state index in [9.17, 15) is 13.2 Å². The molecule has 0 saturated heterocycles. The molecule has 0 aliphatic carbocycles. The molecule has 0 aliphatic rings. The van der Waals surface area contributed by atoms with Gasteiger partial charge in [-0.25, -0.2) is 12.7 Å². The van der Waals surface area contributed by atoms with Gasteiger partial charge >= 0.3 is 0 Å². The zero-order chi connectivity index (χ0) is 27.0. The molecule has 0 unspecified atom stereocenters. The molecule has 37 heavy (non-hydrogen) atoms. The lowest BCUT2D eigenvalue weighted by Gasteiger charge is -2.32. The van der Waals surface area contributed by atoms with Crippen LogP contribution in [0.25, 0.3) is 10.9 Å². The van der Waals surface area contributed by atoms with E-state index in [0.29, 0.717) is 15.3 Å². The summed E-state index contributed by atoms with van der Waals surface area (Å²) in [6.07, 6.45) is 1.83. The number of sulfonamides is 1. The van der Waals surface area contributed by atoms with Crippen molar-refractivity contribution < 1.29 is 27.4 Å². The quantitative estimate of drug-likeness (QED) is 0.374. The van der Waals surface area contributed by atoms with Gasteiger partial charge in [0.05, 0.1) is 31.9 Å². The number of carbonyl (C=O) groups excluding carboxylic acids is 1. The number of nitrogens with two attached hydrogens (primary N) is 1. The summed E-state index contributed by atoms with van der Waals surface area (Å²) in [5.41, 5.74) is 6.13. The Labute approximate surface area is 216 Å². The van der Waals surface area contributed by atoms with Gasteiger partial charge in [0.15, 0.2) is 11.5 Å². The Bertz CT molecular complexity index is 1540. The van der Waals surface area contributed by atoms with Crippen molar-refractivity contribution in [3.63, 3.8) is 0 Å². The predicted octanol–water partition coefficient (Wildman–Crippen LogP) is 3.80. The molecule has 9 nitrogen and oxygen atoms in total. The first kappa shape index (κ1) is 26.1. The monoisotopic (exact) mass is 523 g/mol. The van der Waals surface area contributed by atoms with E-state index >= 15 is 0 Å². The van der Waals surface area contributed by atoms with Gasteiger partial charge in [0, 0.05) is 36.3 Å². The number of nitrogens with zero attached hydrogens (tertiary/aromatic N) is 2. The van der Waals surface area contributed by atoms with E-state index in [-0.39, 0.29) is 27.8 Å². The SMILES string of the molecule is COc1cc(N(C(=O)[C@@](C)(N)c2ccccc2)S(=O)(=O)c2ccc3c(ccn3C)c2)cc(OC)c1OC. The lowest BCUT2D eigenvalue weighted by molar-refractivity contribution is -0.122. The third-order valence-corrected chi connectivity index (χ3v) is 7.99. The van der Waals surface area contributed by atoms with Gasteiger partial charge in [0.2, 0.25) is 5.75 Å². The minimum Gasteiger partial charge on any atom is -0.493 e. The standard InChI is InChI=1S/C27H29N3O6S/c1-27(28,19-9-7-6-8-10-19)26(31)30(20-16-23(34-3)25(36-5)24(17-20)35-4)37(32,33)21-11-12-22-18(15-21)13-14-29(22)2/h6-17H,28H2,1-5H3/t27-/m0/s1. The maximum atomic E-state index is 14.2. The molecule has 1 aromatic heterocycles. The topological polar surface area (TPSA) is 113 Å². The smallest absolute Gasteiger partial charge is 0.270 e. The van der Waals surface area contributed by atoms with Crippen LogP contribution >= 0.6 is 0 Å². The Morgan fingerprint density at radius 3 is 2.11 bits per heavy atom. The number of amides is 1. The van der Waals surface area contributed by atoms with Crippen LogP contribution in [-0.2, 0) is 27.4 Å². The number of methoxy groups -OCH3 is 3. The third-order valence-electron chi connectivity index (χ3n) is 6.28. The molecule has 1 heterocycles. The maximum absolute atomic E-state index is 14.2. The van der Waals surface area contributed by atoms with Crippen molar-refractivity contribution in [2.75, 3.05) is 25.6 Å². The van der Waals surface area contributed by atoms with Gasteiger partial charge in [0.1, 0.15) is 5.54 Å². The van der Waals surface area contributed by atoms with Crippen LogP contribution in [0.2, 0.25) is 0 Å². The second-order valence-corrected chi connectivity index (χ2v) is 10.5. The maximum Gasteiger partial charge on any atom is 0.270 e. The van der Waals surface area contributed by atoms with Crippen LogP contribution in [0.1, 0.15) is 12.5 Å². The van der Waals surface area contributed by atoms with E-state index in [1.165, 1.54) is 52.5 Å². The van der Waals surface area contributed by atoms with E-state index < -0.39 is 21.5 Å². The lowest BCUT2D eigenvalue weighted by Crippen LogP contribution is -2.53.